The van der Waals surface area contributed by atoms with E-state index in [0.29, 0.717) is 37.9 Å². The van der Waals surface area contributed by atoms with Gasteiger partial charge in [0.05, 0.1) is 19.3 Å². The summed E-state index contributed by atoms with van der Waals surface area (Å²) in [6, 6.07) is 6.51. The molecule has 2 saturated heterocycles. The number of rotatable bonds is 11. The standard InChI is InChI=1S/C35H50FN3O5.C2H6/c1-23-12-14-28-31(41-5)21-25(38-33(28)37-23)10-6-8-18-42-26-16-17-39(22-26)32(34(40)44-35(2,3)4)29-20-24(36)13-15-27(29)30-11-7-9-19-43-30;1-2/h13,15,20-21,23,26,30,32H,6-12,14,16-19,22H2,1-5H3,(H,37,38);1-2H3. The summed E-state index contributed by atoms with van der Waals surface area (Å²) in [5, 5.41) is 3.50. The Labute approximate surface area is 275 Å². The van der Waals surface area contributed by atoms with Crippen molar-refractivity contribution in [2.24, 2.45) is 0 Å². The Bertz CT molecular complexity index is 1280. The van der Waals surface area contributed by atoms with Crippen molar-refractivity contribution in [3.05, 3.63) is 52.5 Å². The van der Waals surface area contributed by atoms with Gasteiger partial charge < -0.3 is 24.3 Å². The third-order valence-electron chi connectivity index (χ3n) is 8.79. The maximum Gasteiger partial charge on any atom is 0.328 e. The zero-order valence-electron chi connectivity index (χ0n) is 29.1. The number of aryl methyl sites for hydroxylation is 1. The first-order valence-corrected chi connectivity index (χ1v) is 17.4. The first kappa shape index (κ1) is 36.1. The van der Waals surface area contributed by atoms with Gasteiger partial charge in [-0.2, -0.15) is 0 Å². The highest BCUT2D eigenvalue weighted by atomic mass is 19.1. The second kappa shape index (κ2) is 16.9. The summed E-state index contributed by atoms with van der Waals surface area (Å²) in [6.45, 7) is 14.3. The number of benzene rings is 1. The van der Waals surface area contributed by atoms with E-state index in [9.17, 15) is 9.18 Å². The highest BCUT2D eigenvalue weighted by molar-refractivity contribution is 5.79. The van der Waals surface area contributed by atoms with E-state index in [1.807, 2.05) is 34.6 Å². The number of fused-ring (bicyclic) bond motifs is 1. The van der Waals surface area contributed by atoms with Gasteiger partial charge in [0, 0.05) is 49.7 Å². The van der Waals surface area contributed by atoms with Gasteiger partial charge in [-0.25, -0.2) is 14.2 Å². The highest BCUT2D eigenvalue weighted by Crippen LogP contribution is 2.38. The second-order valence-electron chi connectivity index (χ2n) is 13.5. The molecule has 2 aromatic rings. The van der Waals surface area contributed by atoms with Crippen molar-refractivity contribution in [1.29, 1.82) is 0 Å². The molecule has 46 heavy (non-hydrogen) atoms. The monoisotopic (exact) mass is 641 g/mol. The van der Waals surface area contributed by atoms with Crippen LogP contribution in [0.1, 0.15) is 121 Å². The van der Waals surface area contributed by atoms with Crippen molar-refractivity contribution in [2.45, 2.75) is 129 Å². The van der Waals surface area contributed by atoms with Gasteiger partial charge in [0.25, 0.3) is 0 Å². The number of hydrogen-bond donors (Lipinski definition) is 1. The van der Waals surface area contributed by atoms with Crippen LogP contribution in [0.15, 0.2) is 24.3 Å². The zero-order valence-corrected chi connectivity index (χ0v) is 29.1. The first-order chi connectivity index (χ1) is 22.1. The van der Waals surface area contributed by atoms with Crippen molar-refractivity contribution < 1.29 is 28.1 Å². The largest absolute Gasteiger partial charge is 0.496 e. The zero-order chi connectivity index (χ0) is 33.3. The van der Waals surface area contributed by atoms with Gasteiger partial charge >= 0.3 is 5.97 Å². The Kier molecular flexibility index (Phi) is 13.2. The number of esters is 1. The molecule has 1 aromatic carbocycles. The van der Waals surface area contributed by atoms with Crippen LogP contribution in [0.4, 0.5) is 10.2 Å². The van der Waals surface area contributed by atoms with Crippen LogP contribution in [-0.2, 0) is 31.8 Å². The number of methoxy groups -OCH3 is 1. The number of unbranched alkanes of at least 4 members (excludes halogenated alkanes) is 1. The molecule has 9 heteroatoms. The second-order valence-corrected chi connectivity index (χ2v) is 13.5. The van der Waals surface area contributed by atoms with Crippen LogP contribution < -0.4 is 10.1 Å². The lowest BCUT2D eigenvalue weighted by atomic mass is 9.92. The molecule has 4 atom stereocenters. The average Bonchev–Trinajstić information content (AvgIpc) is 3.49. The smallest absolute Gasteiger partial charge is 0.328 e. The number of carbonyl (C=O) groups excluding carboxylic acids is 1. The number of carbonyl (C=O) groups is 1. The molecular weight excluding hydrogens is 585 g/mol. The molecule has 1 aromatic heterocycles. The van der Waals surface area contributed by atoms with Gasteiger partial charge in [0.1, 0.15) is 29.0 Å². The number of nitrogens with zero attached hydrogens (tertiary/aromatic N) is 2. The number of halogens is 1. The fourth-order valence-corrected chi connectivity index (χ4v) is 6.61. The van der Waals surface area contributed by atoms with Crippen molar-refractivity contribution in [3.63, 3.8) is 0 Å². The molecule has 0 aliphatic carbocycles. The minimum atomic E-state index is -0.722. The lowest BCUT2D eigenvalue weighted by Crippen LogP contribution is -2.38. The van der Waals surface area contributed by atoms with Crippen molar-refractivity contribution in [2.75, 3.05) is 38.7 Å². The van der Waals surface area contributed by atoms with E-state index >= 15 is 0 Å². The van der Waals surface area contributed by atoms with Crippen LogP contribution in [0, 0.1) is 5.82 Å². The van der Waals surface area contributed by atoms with E-state index in [-0.39, 0.29) is 24.0 Å². The quantitative estimate of drug-likeness (QED) is 0.197. The molecule has 0 radical (unpaired) electrons. The molecule has 4 unspecified atom stereocenters. The average molecular weight is 642 g/mol. The topological polar surface area (TPSA) is 82.2 Å². The summed E-state index contributed by atoms with van der Waals surface area (Å²) in [6.07, 6.45) is 8.34. The molecule has 5 rings (SSSR count). The number of nitrogens with one attached hydrogen (secondary N) is 1. The van der Waals surface area contributed by atoms with Crippen molar-refractivity contribution in [3.8, 4) is 5.75 Å². The van der Waals surface area contributed by atoms with Crippen LogP contribution >= 0.6 is 0 Å². The molecule has 8 nitrogen and oxygen atoms in total. The van der Waals surface area contributed by atoms with Crippen LogP contribution in [-0.4, -0.2) is 67.0 Å². The molecule has 1 N–H and O–H groups in total. The van der Waals surface area contributed by atoms with Crippen LogP contribution in [0.2, 0.25) is 0 Å². The normalized spacial score (nSPS) is 22.2. The minimum Gasteiger partial charge on any atom is -0.496 e. The minimum absolute atomic E-state index is 0.00414. The Balaban J connectivity index is 0.00000235. The van der Waals surface area contributed by atoms with E-state index in [0.717, 1.165) is 80.6 Å². The summed E-state index contributed by atoms with van der Waals surface area (Å²) in [5.41, 5.74) is 3.06. The molecule has 256 valence electrons. The van der Waals surface area contributed by atoms with Gasteiger partial charge in [-0.15, -0.1) is 0 Å². The summed E-state index contributed by atoms with van der Waals surface area (Å²) in [5.74, 6) is 1.15. The van der Waals surface area contributed by atoms with Crippen LogP contribution in [0.3, 0.4) is 0 Å². The number of pyridine rings is 1. The summed E-state index contributed by atoms with van der Waals surface area (Å²) < 4.78 is 38.6. The number of likely N-dealkylation sites (tertiary alicyclic amines) is 1. The van der Waals surface area contributed by atoms with Crippen LogP contribution in [0.5, 0.6) is 5.75 Å². The van der Waals surface area contributed by atoms with Crippen molar-refractivity contribution in [1.82, 2.24) is 9.88 Å². The maximum absolute atomic E-state index is 14.7. The predicted molar refractivity (Wildman–Crippen MR) is 180 cm³/mol. The van der Waals surface area contributed by atoms with Gasteiger partial charge in [-0.1, -0.05) is 19.9 Å². The lowest BCUT2D eigenvalue weighted by Gasteiger charge is -2.33. The number of aromatic nitrogens is 1. The first-order valence-electron chi connectivity index (χ1n) is 17.4. The van der Waals surface area contributed by atoms with E-state index < -0.39 is 11.6 Å². The molecule has 0 amide bonds. The molecule has 0 saturated carbocycles. The van der Waals surface area contributed by atoms with Gasteiger partial charge in [-0.05, 0) is 109 Å². The van der Waals surface area contributed by atoms with Gasteiger partial charge in [0.2, 0.25) is 0 Å². The van der Waals surface area contributed by atoms with Crippen molar-refractivity contribution >= 4 is 11.8 Å². The van der Waals surface area contributed by atoms with Gasteiger partial charge in [0.15, 0.2) is 0 Å². The lowest BCUT2D eigenvalue weighted by molar-refractivity contribution is -0.161. The summed E-state index contributed by atoms with van der Waals surface area (Å²) in [7, 11) is 1.72. The van der Waals surface area contributed by atoms with Gasteiger partial charge in [-0.3, -0.25) is 4.90 Å². The number of ether oxygens (including phenoxy) is 4. The fourth-order valence-electron chi connectivity index (χ4n) is 6.61. The van der Waals surface area contributed by atoms with E-state index in [4.69, 9.17) is 23.9 Å². The third kappa shape index (κ3) is 9.64. The molecule has 4 heterocycles. The van der Waals surface area contributed by atoms with E-state index in [2.05, 4.69) is 23.2 Å². The highest BCUT2D eigenvalue weighted by Gasteiger charge is 2.39. The SMILES string of the molecule is CC.COc1cc(CCCCOC2CCN(C(C(=O)OC(C)(C)C)c3cc(F)ccc3C3CCCCO3)C2)nc2c1CCC(C)N2. The predicted octanol–water partition coefficient (Wildman–Crippen LogP) is 7.74. The molecule has 0 bridgehead atoms. The third-order valence-corrected chi connectivity index (χ3v) is 8.79. The van der Waals surface area contributed by atoms with E-state index in [1.165, 1.54) is 17.7 Å². The summed E-state index contributed by atoms with van der Waals surface area (Å²) >= 11 is 0. The molecule has 3 aliphatic heterocycles. The summed E-state index contributed by atoms with van der Waals surface area (Å²) in [4.78, 5) is 20.7. The molecule has 3 aliphatic rings. The molecule has 2 fully saturated rings. The Morgan fingerprint density at radius 3 is 2.67 bits per heavy atom. The number of anilines is 1. The Hall–Kier alpha value is -2.75. The molecular formula is C37H56FN3O5. The Morgan fingerprint density at radius 1 is 1.15 bits per heavy atom. The molecule has 0 spiro atoms. The fraction of sp³-hybridized carbons (Fsp3) is 0.676. The maximum atomic E-state index is 14.7. The van der Waals surface area contributed by atoms with E-state index in [1.54, 1.807) is 13.2 Å². The Morgan fingerprint density at radius 2 is 1.96 bits per heavy atom. The number of hydrogen-bond acceptors (Lipinski definition) is 8. The van der Waals surface area contributed by atoms with Crippen LogP contribution in [0.25, 0.3) is 0 Å².